The molecule has 0 spiro atoms. The summed E-state index contributed by atoms with van der Waals surface area (Å²) < 4.78 is 24.0. The van der Waals surface area contributed by atoms with Crippen LogP contribution in [0.15, 0.2) is 28.0 Å². The van der Waals surface area contributed by atoms with Crippen LogP contribution in [0.1, 0.15) is 12.5 Å². The van der Waals surface area contributed by atoms with E-state index in [0.29, 0.717) is 23.6 Å². The summed E-state index contributed by atoms with van der Waals surface area (Å²) in [5, 5.41) is 12.5. The van der Waals surface area contributed by atoms with Gasteiger partial charge in [-0.1, -0.05) is 13.0 Å². The molecular weight excluding hydrogens is 226 g/mol. The molecule has 4 nitrogen and oxygen atoms in total. The van der Waals surface area contributed by atoms with E-state index in [1.165, 1.54) is 24.3 Å². The lowest BCUT2D eigenvalue weighted by atomic mass is 10.2. The molecule has 2 N–H and O–H groups in total. The Balaban J connectivity index is 2.49. The third-order valence-corrected chi connectivity index (χ3v) is 4.42. The molecule has 1 aliphatic rings. The number of likely N-dealkylation sites (N-methyl/N-ethyl adjacent to an activating group) is 1. The van der Waals surface area contributed by atoms with E-state index in [9.17, 15) is 13.5 Å². The highest BCUT2D eigenvalue weighted by Crippen LogP contribution is 2.37. The van der Waals surface area contributed by atoms with Gasteiger partial charge in [-0.05, 0) is 24.8 Å². The molecule has 0 saturated heterocycles. The minimum absolute atomic E-state index is 0.00701. The minimum Gasteiger partial charge on any atom is -0.507 e. The van der Waals surface area contributed by atoms with E-state index in [0.717, 1.165) is 0 Å². The molecule has 0 atom stereocenters. The molecule has 0 radical (unpaired) electrons. The third-order valence-electron chi connectivity index (χ3n) is 2.53. The maximum absolute atomic E-state index is 12.0. The fraction of sp³-hybridized carbons (Fsp3) is 0.273. The molecule has 16 heavy (non-hydrogen) atoms. The summed E-state index contributed by atoms with van der Waals surface area (Å²) in [6.45, 7) is 2.91. The van der Waals surface area contributed by atoms with Crippen molar-refractivity contribution in [1.29, 1.82) is 0 Å². The number of phenols is 1. The SMILES string of the molecule is CCNCC1=Cc2c(O)cccc2S1(=O)=O. The molecule has 0 aliphatic carbocycles. The molecule has 1 aliphatic heterocycles. The Labute approximate surface area is 94.5 Å². The zero-order valence-electron chi connectivity index (χ0n) is 8.90. The van der Waals surface area contributed by atoms with Gasteiger partial charge in [0.05, 0.1) is 9.80 Å². The van der Waals surface area contributed by atoms with E-state index in [1.54, 1.807) is 0 Å². The van der Waals surface area contributed by atoms with Crippen LogP contribution in [0.5, 0.6) is 5.75 Å². The molecule has 1 aromatic rings. The van der Waals surface area contributed by atoms with Crippen LogP contribution in [-0.2, 0) is 9.84 Å². The number of sulfone groups is 1. The van der Waals surface area contributed by atoms with Crippen LogP contribution in [0.2, 0.25) is 0 Å². The van der Waals surface area contributed by atoms with Gasteiger partial charge in [-0.2, -0.15) is 0 Å². The second kappa shape index (κ2) is 3.92. The van der Waals surface area contributed by atoms with Crippen LogP contribution in [0, 0.1) is 0 Å². The van der Waals surface area contributed by atoms with Crippen molar-refractivity contribution >= 4 is 15.9 Å². The number of aromatic hydroxyl groups is 1. The van der Waals surface area contributed by atoms with Gasteiger partial charge in [-0.25, -0.2) is 8.42 Å². The van der Waals surface area contributed by atoms with Crippen molar-refractivity contribution in [2.45, 2.75) is 11.8 Å². The number of phenolic OH excluding ortho intramolecular Hbond substituents is 1. The fourth-order valence-electron chi connectivity index (χ4n) is 1.69. The van der Waals surface area contributed by atoms with Crippen LogP contribution in [-0.4, -0.2) is 26.6 Å². The molecule has 86 valence electrons. The monoisotopic (exact) mass is 239 g/mol. The predicted molar refractivity (Wildman–Crippen MR) is 61.8 cm³/mol. The Morgan fingerprint density at radius 1 is 1.38 bits per heavy atom. The van der Waals surface area contributed by atoms with Gasteiger partial charge in [0.15, 0.2) is 0 Å². The summed E-state index contributed by atoms with van der Waals surface area (Å²) >= 11 is 0. The summed E-state index contributed by atoms with van der Waals surface area (Å²) in [4.78, 5) is 0.506. The lowest BCUT2D eigenvalue weighted by molar-refractivity contribution is 0.472. The Bertz CT molecular complexity index is 546. The first-order valence-electron chi connectivity index (χ1n) is 5.05. The van der Waals surface area contributed by atoms with Crippen molar-refractivity contribution in [3.63, 3.8) is 0 Å². The van der Waals surface area contributed by atoms with Gasteiger partial charge < -0.3 is 10.4 Å². The van der Waals surface area contributed by atoms with Gasteiger partial charge in [-0.3, -0.25) is 0 Å². The van der Waals surface area contributed by atoms with Gasteiger partial charge in [0.25, 0.3) is 0 Å². The second-order valence-corrected chi connectivity index (χ2v) is 5.55. The van der Waals surface area contributed by atoms with Crippen LogP contribution < -0.4 is 5.32 Å². The zero-order chi connectivity index (χ0) is 11.8. The summed E-state index contributed by atoms with van der Waals surface area (Å²) in [5.74, 6) is 0.00701. The van der Waals surface area contributed by atoms with Crippen molar-refractivity contribution < 1.29 is 13.5 Å². The van der Waals surface area contributed by atoms with Crippen LogP contribution in [0.4, 0.5) is 0 Å². The number of benzene rings is 1. The van der Waals surface area contributed by atoms with E-state index in [4.69, 9.17) is 0 Å². The van der Waals surface area contributed by atoms with E-state index in [-0.39, 0.29) is 10.6 Å². The van der Waals surface area contributed by atoms with Crippen molar-refractivity contribution in [2.24, 2.45) is 0 Å². The Morgan fingerprint density at radius 3 is 2.75 bits per heavy atom. The molecule has 5 heteroatoms. The summed E-state index contributed by atoms with van der Waals surface area (Å²) in [7, 11) is -3.40. The molecule has 0 bridgehead atoms. The maximum Gasteiger partial charge on any atom is 0.204 e. The van der Waals surface area contributed by atoms with Crippen LogP contribution in [0.25, 0.3) is 6.08 Å². The molecule has 0 fully saturated rings. The van der Waals surface area contributed by atoms with E-state index < -0.39 is 9.84 Å². The zero-order valence-corrected chi connectivity index (χ0v) is 9.71. The molecular formula is C11H13NO3S. The summed E-state index contributed by atoms with van der Waals surface area (Å²) in [6, 6.07) is 4.54. The third kappa shape index (κ3) is 1.62. The highest BCUT2D eigenvalue weighted by molar-refractivity contribution is 7.95. The van der Waals surface area contributed by atoms with Crippen molar-refractivity contribution in [3.05, 3.63) is 28.7 Å². The quantitative estimate of drug-likeness (QED) is 0.829. The number of fused-ring (bicyclic) bond motifs is 1. The molecule has 0 aromatic heterocycles. The van der Waals surface area contributed by atoms with Gasteiger partial charge in [-0.15, -0.1) is 0 Å². The fourth-order valence-corrected chi connectivity index (χ4v) is 3.24. The molecule has 1 heterocycles. The van der Waals surface area contributed by atoms with Gasteiger partial charge in [0, 0.05) is 12.1 Å². The normalized spacial score (nSPS) is 16.9. The molecule has 2 rings (SSSR count). The lowest BCUT2D eigenvalue weighted by Crippen LogP contribution is -2.19. The smallest absolute Gasteiger partial charge is 0.204 e. The molecule has 0 unspecified atom stereocenters. The summed E-state index contributed by atoms with van der Waals surface area (Å²) in [5.41, 5.74) is 0.399. The highest BCUT2D eigenvalue weighted by Gasteiger charge is 2.30. The van der Waals surface area contributed by atoms with Gasteiger partial charge in [0.2, 0.25) is 9.84 Å². The highest BCUT2D eigenvalue weighted by atomic mass is 32.2. The Kier molecular flexibility index (Phi) is 2.73. The maximum atomic E-state index is 12.0. The number of hydrogen-bond acceptors (Lipinski definition) is 4. The van der Waals surface area contributed by atoms with Crippen molar-refractivity contribution in [2.75, 3.05) is 13.1 Å². The number of nitrogens with one attached hydrogen (secondary N) is 1. The second-order valence-electron chi connectivity index (χ2n) is 3.58. The van der Waals surface area contributed by atoms with Crippen LogP contribution in [0.3, 0.4) is 0 Å². The average molecular weight is 239 g/mol. The molecule has 1 aromatic carbocycles. The molecule has 0 amide bonds. The first-order chi connectivity index (χ1) is 7.57. The lowest BCUT2D eigenvalue weighted by Gasteiger charge is -2.03. The van der Waals surface area contributed by atoms with E-state index >= 15 is 0 Å². The van der Waals surface area contributed by atoms with Gasteiger partial charge >= 0.3 is 0 Å². The topological polar surface area (TPSA) is 66.4 Å². The number of rotatable bonds is 3. The van der Waals surface area contributed by atoms with Crippen molar-refractivity contribution in [1.82, 2.24) is 5.32 Å². The Morgan fingerprint density at radius 2 is 2.12 bits per heavy atom. The first kappa shape index (κ1) is 11.2. The minimum atomic E-state index is -3.40. The standard InChI is InChI=1S/C11H13NO3S/c1-2-12-7-8-6-9-10(13)4-3-5-11(9)16(8,14)15/h3-6,12-13H,2,7H2,1H3. The average Bonchev–Trinajstić information content (AvgIpc) is 2.50. The van der Waals surface area contributed by atoms with E-state index in [1.807, 2.05) is 6.92 Å². The van der Waals surface area contributed by atoms with Crippen molar-refractivity contribution in [3.8, 4) is 5.75 Å². The largest absolute Gasteiger partial charge is 0.507 e. The predicted octanol–water partition coefficient (Wildman–Crippen LogP) is 1.13. The van der Waals surface area contributed by atoms with Crippen LogP contribution >= 0.6 is 0 Å². The number of hydrogen-bond donors (Lipinski definition) is 2. The van der Waals surface area contributed by atoms with Gasteiger partial charge in [0.1, 0.15) is 5.75 Å². The Hall–Kier alpha value is -1.33. The first-order valence-corrected chi connectivity index (χ1v) is 6.54. The summed E-state index contributed by atoms with van der Waals surface area (Å²) in [6.07, 6.45) is 1.53. The molecule has 0 saturated carbocycles. The van der Waals surface area contributed by atoms with E-state index in [2.05, 4.69) is 5.32 Å².